The minimum atomic E-state index is 0.00869. The fourth-order valence-corrected chi connectivity index (χ4v) is 1.56. The second-order valence-electron chi connectivity index (χ2n) is 4.30. The monoisotopic (exact) mass is 211 g/mol. The van der Waals surface area contributed by atoms with Gasteiger partial charge in [-0.25, -0.2) is 0 Å². The topological polar surface area (TPSA) is 39.1 Å². The van der Waals surface area contributed by atoms with E-state index in [4.69, 9.17) is 5.26 Å². The largest absolute Gasteiger partial charge is 0.306 e. The highest BCUT2D eigenvalue weighted by atomic mass is 15.1. The Labute approximate surface area is 94.5 Å². The summed E-state index contributed by atoms with van der Waals surface area (Å²) >= 11 is 0. The minimum Gasteiger partial charge on any atom is -0.306 e. The van der Waals surface area contributed by atoms with Gasteiger partial charge in [0, 0.05) is 13.1 Å². The molecule has 15 heavy (non-hydrogen) atoms. The van der Waals surface area contributed by atoms with E-state index < -0.39 is 0 Å². The molecule has 0 spiro atoms. The number of nitriles is 1. The van der Waals surface area contributed by atoms with Crippen LogP contribution in [0.2, 0.25) is 0 Å². The van der Waals surface area contributed by atoms with E-state index in [0.717, 1.165) is 32.0 Å². The van der Waals surface area contributed by atoms with Gasteiger partial charge in [0.1, 0.15) is 0 Å². The number of rotatable bonds is 8. The minimum absolute atomic E-state index is 0.00869. The SMILES string of the molecule is CCNC(C#N)CCN(C)CC(C)CC. The molecule has 0 aliphatic rings. The quantitative estimate of drug-likeness (QED) is 0.666. The molecule has 2 unspecified atom stereocenters. The zero-order chi connectivity index (χ0) is 11.7. The highest BCUT2D eigenvalue weighted by Gasteiger charge is 2.08. The van der Waals surface area contributed by atoms with Gasteiger partial charge in [-0.3, -0.25) is 0 Å². The molecule has 0 heterocycles. The first-order valence-corrected chi connectivity index (χ1v) is 5.95. The van der Waals surface area contributed by atoms with Crippen molar-refractivity contribution in [1.29, 1.82) is 5.26 Å². The van der Waals surface area contributed by atoms with Gasteiger partial charge in [0.05, 0.1) is 12.1 Å². The average molecular weight is 211 g/mol. The van der Waals surface area contributed by atoms with Crippen molar-refractivity contribution in [1.82, 2.24) is 10.2 Å². The lowest BCUT2D eigenvalue weighted by atomic mass is 10.1. The van der Waals surface area contributed by atoms with E-state index in [1.807, 2.05) is 6.92 Å². The van der Waals surface area contributed by atoms with Crippen LogP contribution in [-0.4, -0.2) is 37.6 Å². The lowest BCUT2D eigenvalue weighted by Crippen LogP contribution is -2.33. The maximum atomic E-state index is 8.87. The highest BCUT2D eigenvalue weighted by Crippen LogP contribution is 2.03. The van der Waals surface area contributed by atoms with Crippen LogP contribution < -0.4 is 5.32 Å². The average Bonchev–Trinajstić information content (AvgIpc) is 2.23. The molecule has 3 heteroatoms. The number of nitrogens with one attached hydrogen (secondary N) is 1. The zero-order valence-corrected chi connectivity index (χ0v) is 10.6. The number of nitrogens with zero attached hydrogens (tertiary/aromatic N) is 2. The second kappa shape index (κ2) is 8.70. The van der Waals surface area contributed by atoms with Crippen LogP contribution in [-0.2, 0) is 0 Å². The van der Waals surface area contributed by atoms with Gasteiger partial charge in [-0.2, -0.15) is 5.26 Å². The van der Waals surface area contributed by atoms with Crippen LogP contribution in [0.1, 0.15) is 33.6 Å². The Bertz CT molecular complexity index is 186. The molecule has 0 radical (unpaired) electrons. The van der Waals surface area contributed by atoms with Crippen molar-refractivity contribution in [2.75, 3.05) is 26.7 Å². The van der Waals surface area contributed by atoms with Gasteiger partial charge in [-0.05, 0) is 25.9 Å². The molecule has 0 aliphatic heterocycles. The second-order valence-corrected chi connectivity index (χ2v) is 4.30. The Balaban J connectivity index is 3.69. The van der Waals surface area contributed by atoms with Gasteiger partial charge in [0.2, 0.25) is 0 Å². The van der Waals surface area contributed by atoms with Gasteiger partial charge >= 0.3 is 0 Å². The third-order valence-corrected chi connectivity index (χ3v) is 2.73. The van der Waals surface area contributed by atoms with Gasteiger partial charge < -0.3 is 10.2 Å². The van der Waals surface area contributed by atoms with E-state index in [-0.39, 0.29) is 6.04 Å². The summed E-state index contributed by atoms with van der Waals surface area (Å²) < 4.78 is 0. The number of hydrogen-bond acceptors (Lipinski definition) is 3. The van der Waals surface area contributed by atoms with E-state index in [0.29, 0.717) is 0 Å². The molecule has 0 bridgehead atoms. The molecule has 1 N–H and O–H groups in total. The van der Waals surface area contributed by atoms with Crippen LogP contribution in [0.15, 0.2) is 0 Å². The molecule has 0 aromatic heterocycles. The maximum absolute atomic E-state index is 8.87. The first-order chi connectivity index (χ1) is 7.13. The Morgan fingerprint density at radius 1 is 1.40 bits per heavy atom. The molecule has 0 aromatic rings. The molecule has 88 valence electrons. The summed E-state index contributed by atoms with van der Waals surface area (Å²) in [6.07, 6.45) is 2.14. The summed E-state index contributed by atoms with van der Waals surface area (Å²) in [5.41, 5.74) is 0. The predicted octanol–water partition coefficient (Wildman–Crippen LogP) is 1.86. The number of hydrogen-bond donors (Lipinski definition) is 1. The van der Waals surface area contributed by atoms with E-state index in [1.165, 1.54) is 6.42 Å². The molecular formula is C12H25N3. The third-order valence-electron chi connectivity index (χ3n) is 2.73. The lowest BCUT2D eigenvalue weighted by molar-refractivity contribution is 0.272. The van der Waals surface area contributed by atoms with Crippen molar-refractivity contribution in [3.05, 3.63) is 0 Å². The molecule has 0 fully saturated rings. The summed E-state index contributed by atoms with van der Waals surface area (Å²) in [6.45, 7) is 9.51. The fourth-order valence-electron chi connectivity index (χ4n) is 1.56. The van der Waals surface area contributed by atoms with E-state index in [9.17, 15) is 0 Å². The lowest BCUT2D eigenvalue weighted by Gasteiger charge is -2.21. The van der Waals surface area contributed by atoms with E-state index in [2.05, 4.69) is 37.2 Å². The van der Waals surface area contributed by atoms with Crippen molar-refractivity contribution in [2.45, 2.75) is 39.7 Å². The van der Waals surface area contributed by atoms with Gasteiger partial charge in [-0.15, -0.1) is 0 Å². The van der Waals surface area contributed by atoms with Crippen LogP contribution in [0, 0.1) is 17.2 Å². The summed E-state index contributed by atoms with van der Waals surface area (Å²) in [5.74, 6) is 0.745. The van der Waals surface area contributed by atoms with Gasteiger partial charge in [0.15, 0.2) is 0 Å². The van der Waals surface area contributed by atoms with Crippen LogP contribution in [0.4, 0.5) is 0 Å². The van der Waals surface area contributed by atoms with Crippen molar-refractivity contribution in [3.8, 4) is 6.07 Å². The van der Waals surface area contributed by atoms with Crippen molar-refractivity contribution in [2.24, 2.45) is 5.92 Å². The molecular weight excluding hydrogens is 186 g/mol. The molecule has 0 saturated heterocycles. The molecule has 0 amide bonds. The summed E-state index contributed by atoms with van der Waals surface area (Å²) in [6, 6.07) is 2.30. The summed E-state index contributed by atoms with van der Waals surface area (Å²) in [7, 11) is 2.13. The van der Waals surface area contributed by atoms with Gasteiger partial charge in [-0.1, -0.05) is 27.2 Å². The van der Waals surface area contributed by atoms with Crippen molar-refractivity contribution in [3.63, 3.8) is 0 Å². The molecule has 2 atom stereocenters. The maximum Gasteiger partial charge on any atom is 0.0965 e. The van der Waals surface area contributed by atoms with Crippen molar-refractivity contribution < 1.29 is 0 Å². The summed E-state index contributed by atoms with van der Waals surface area (Å²) in [4.78, 5) is 2.32. The van der Waals surface area contributed by atoms with Crippen LogP contribution in [0.5, 0.6) is 0 Å². The van der Waals surface area contributed by atoms with Crippen LogP contribution >= 0.6 is 0 Å². The fraction of sp³-hybridized carbons (Fsp3) is 0.917. The first kappa shape index (κ1) is 14.4. The van der Waals surface area contributed by atoms with Crippen molar-refractivity contribution >= 4 is 0 Å². The molecule has 3 nitrogen and oxygen atoms in total. The van der Waals surface area contributed by atoms with E-state index in [1.54, 1.807) is 0 Å². The standard InChI is InChI=1S/C12H25N3/c1-5-11(3)10-15(4)8-7-12(9-13)14-6-2/h11-12,14H,5-8,10H2,1-4H3. The zero-order valence-electron chi connectivity index (χ0n) is 10.6. The Morgan fingerprint density at radius 3 is 2.53 bits per heavy atom. The Hall–Kier alpha value is -0.590. The highest BCUT2D eigenvalue weighted by molar-refractivity contribution is 4.89. The Kier molecular flexibility index (Phi) is 8.35. The summed E-state index contributed by atoms with van der Waals surface area (Å²) in [5, 5.41) is 12.0. The molecule has 0 aromatic carbocycles. The normalized spacial score (nSPS) is 14.9. The molecule has 0 saturated carbocycles. The molecule has 0 rings (SSSR count). The van der Waals surface area contributed by atoms with Crippen LogP contribution in [0.3, 0.4) is 0 Å². The predicted molar refractivity (Wildman–Crippen MR) is 64.6 cm³/mol. The third kappa shape index (κ3) is 7.35. The van der Waals surface area contributed by atoms with Gasteiger partial charge in [0.25, 0.3) is 0 Å². The van der Waals surface area contributed by atoms with E-state index >= 15 is 0 Å². The smallest absolute Gasteiger partial charge is 0.0965 e. The van der Waals surface area contributed by atoms with Crippen LogP contribution in [0.25, 0.3) is 0 Å². The first-order valence-electron chi connectivity index (χ1n) is 5.95. The Morgan fingerprint density at radius 2 is 2.07 bits per heavy atom. The molecule has 0 aliphatic carbocycles.